The molecule has 3 aromatic rings. The fourth-order valence-electron chi connectivity index (χ4n) is 2.50. The number of aromatic nitrogens is 6. The third-order valence-electron chi connectivity index (χ3n) is 4.31. The minimum atomic E-state index is -3.56. The molecule has 0 saturated heterocycles. The van der Waals surface area contributed by atoms with Crippen molar-refractivity contribution in [2.45, 2.75) is 46.9 Å². The highest BCUT2D eigenvalue weighted by atomic mass is 32.2. The third-order valence-corrected chi connectivity index (χ3v) is 5.96. The average molecular weight is 526 g/mol. The Morgan fingerprint density at radius 3 is 2.47 bits per heavy atom. The van der Waals surface area contributed by atoms with Crippen molar-refractivity contribution in [2.75, 3.05) is 39.2 Å². The molecule has 3 heterocycles. The minimum absolute atomic E-state index is 0.167. The molecule has 0 unspecified atom stereocenters. The van der Waals surface area contributed by atoms with E-state index < -0.39 is 10.2 Å². The van der Waals surface area contributed by atoms with Crippen LogP contribution in [0.4, 0.5) is 5.95 Å². The van der Waals surface area contributed by atoms with Gasteiger partial charge in [-0.3, -0.25) is 0 Å². The first-order chi connectivity index (χ1) is 17.0. The number of nitrogens with one attached hydrogen (secondary N) is 2. The fraction of sp³-hybridized carbons (Fsp3) is 0.545. The van der Waals surface area contributed by atoms with Gasteiger partial charge in [0.05, 0.1) is 25.7 Å². The first-order valence-corrected chi connectivity index (χ1v) is 12.9. The molecule has 0 spiro atoms. The molecule has 0 saturated carbocycles. The molecule has 0 aliphatic rings. The summed E-state index contributed by atoms with van der Waals surface area (Å²) in [4.78, 5) is 21.4. The number of ether oxygens (including phenoxy) is 1. The Morgan fingerprint density at radius 1 is 1.25 bits per heavy atom. The van der Waals surface area contributed by atoms with Gasteiger partial charge in [0.15, 0.2) is 0 Å². The van der Waals surface area contributed by atoms with Crippen LogP contribution in [0.2, 0.25) is 0 Å². The first kappa shape index (κ1) is 31.0. The molecule has 0 atom stereocenters. The SMILES string of the molecule is CC(C)O.CCN(Cc1cn(S(=O)(=O)N(C)C)cn1)c1nccc(OC)n1.CCNCc1cnc[nH]1. The van der Waals surface area contributed by atoms with Gasteiger partial charge in [-0.1, -0.05) is 6.92 Å². The number of anilines is 1. The zero-order chi connectivity index (χ0) is 27.1. The molecule has 0 aromatic carbocycles. The molecule has 0 bridgehead atoms. The number of methoxy groups -OCH3 is 1. The van der Waals surface area contributed by atoms with E-state index in [0.717, 1.165) is 27.1 Å². The highest BCUT2D eigenvalue weighted by molar-refractivity contribution is 7.87. The topological polar surface area (TPSA) is 154 Å². The highest BCUT2D eigenvalue weighted by Crippen LogP contribution is 2.15. The zero-order valence-corrected chi connectivity index (χ0v) is 22.9. The molecular weight excluding hydrogens is 486 g/mol. The van der Waals surface area contributed by atoms with Crippen LogP contribution in [0, 0.1) is 0 Å². The summed E-state index contributed by atoms with van der Waals surface area (Å²) in [7, 11) is 0.921. The monoisotopic (exact) mass is 525 g/mol. The Kier molecular flexibility index (Phi) is 13.6. The van der Waals surface area contributed by atoms with Crippen LogP contribution in [0.15, 0.2) is 37.3 Å². The van der Waals surface area contributed by atoms with Crippen LogP contribution in [0.3, 0.4) is 0 Å². The average Bonchev–Trinajstić information content (AvgIpc) is 3.54. The molecule has 202 valence electrons. The lowest BCUT2D eigenvalue weighted by atomic mass is 10.4. The predicted octanol–water partition coefficient (Wildman–Crippen LogP) is 1.27. The molecule has 0 radical (unpaired) electrons. The largest absolute Gasteiger partial charge is 0.481 e. The van der Waals surface area contributed by atoms with Gasteiger partial charge < -0.3 is 25.0 Å². The van der Waals surface area contributed by atoms with Crippen LogP contribution in [0.1, 0.15) is 39.1 Å². The Morgan fingerprint density at radius 2 is 1.94 bits per heavy atom. The van der Waals surface area contributed by atoms with Crippen LogP contribution in [0.25, 0.3) is 0 Å². The molecule has 0 aliphatic carbocycles. The van der Waals surface area contributed by atoms with Crippen molar-refractivity contribution < 1.29 is 18.3 Å². The molecule has 36 heavy (non-hydrogen) atoms. The smallest absolute Gasteiger partial charge is 0.308 e. The lowest BCUT2D eigenvalue weighted by Gasteiger charge is -2.19. The van der Waals surface area contributed by atoms with Gasteiger partial charge in [0.2, 0.25) is 11.8 Å². The van der Waals surface area contributed by atoms with Gasteiger partial charge >= 0.3 is 10.2 Å². The van der Waals surface area contributed by atoms with Crippen LogP contribution in [0.5, 0.6) is 5.88 Å². The molecule has 0 fully saturated rings. The van der Waals surface area contributed by atoms with E-state index >= 15 is 0 Å². The lowest BCUT2D eigenvalue weighted by Crippen LogP contribution is -2.28. The second kappa shape index (κ2) is 15.8. The number of rotatable bonds is 10. The van der Waals surface area contributed by atoms with Gasteiger partial charge in [0.25, 0.3) is 0 Å². The summed E-state index contributed by atoms with van der Waals surface area (Å²) in [5.41, 5.74) is 1.74. The standard InChI is InChI=1S/C13H20N6O3S.C6H11N3.C3H8O/c1-5-18(13-14-7-6-12(16-13)22-4)8-11-9-19(10-15-11)23(20,21)17(2)3;1-2-7-3-6-4-8-5-9-6;1-3(2)4/h6-7,9-10H,5,8H2,1-4H3;4-5,7H,2-3H2,1H3,(H,8,9);3-4H,1-2H3. The number of hydrogen-bond acceptors (Lipinski definition) is 10. The van der Waals surface area contributed by atoms with Crippen LogP contribution < -0.4 is 15.0 Å². The van der Waals surface area contributed by atoms with Crippen molar-refractivity contribution >= 4 is 16.2 Å². The number of H-pyrrole nitrogens is 1. The van der Waals surface area contributed by atoms with Crippen LogP contribution in [-0.2, 0) is 23.3 Å². The molecule has 14 heteroatoms. The number of imidazole rings is 2. The second-order valence-corrected chi connectivity index (χ2v) is 9.90. The summed E-state index contributed by atoms with van der Waals surface area (Å²) < 4.78 is 31.4. The van der Waals surface area contributed by atoms with Gasteiger partial charge in [-0.2, -0.15) is 17.7 Å². The van der Waals surface area contributed by atoms with E-state index in [1.54, 1.807) is 32.4 Å². The number of hydrogen-bond donors (Lipinski definition) is 3. The second-order valence-electron chi connectivity index (χ2n) is 7.85. The minimum Gasteiger partial charge on any atom is -0.481 e. The van der Waals surface area contributed by atoms with Crippen molar-refractivity contribution in [3.05, 3.63) is 48.7 Å². The molecule has 3 aromatic heterocycles. The molecule has 13 nitrogen and oxygen atoms in total. The fourth-order valence-corrected chi connectivity index (χ4v) is 3.30. The van der Waals surface area contributed by atoms with E-state index in [1.807, 2.05) is 18.0 Å². The molecule has 3 rings (SSSR count). The summed E-state index contributed by atoms with van der Waals surface area (Å²) in [6, 6.07) is 1.66. The summed E-state index contributed by atoms with van der Waals surface area (Å²) in [6.07, 6.45) is 7.72. The Labute approximate surface area is 213 Å². The third kappa shape index (κ3) is 10.7. The summed E-state index contributed by atoms with van der Waals surface area (Å²) in [6.45, 7) is 10.4. The maximum atomic E-state index is 12.0. The van der Waals surface area contributed by atoms with Gasteiger partial charge in [0, 0.05) is 63.6 Å². The maximum absolute atomic E-state index is 12.0. The van der Waals surface area contributed by atoms with Crippen LogP contribution >= 0.6 is 0 Å². The van der Waals surface area contributed by atoms with Crippen molar-refractivity contribution in [3.8, 4) is 5.88 Å². The zero-order valence-electron chi connectivity index (χ0n) is 22.1. The molecule has 3 N–H and O–H groups in total. The molecular formula is C22H39N9O4S. The molecule has 0 amide bonds. The van der Waals surface area contributed by atoms with Crippen molar-refractivity contribution in [1.29, 1.82) is 0 Å². The van der Waals surface area contributed by atoms with Crippen LogP contribution in [-0.4, -0.2) is 87.1 Å². The Balaban J connectivity index is 0.000000409. The number of aliphatic hydroxyl groups is 1. The highest BCUT2D eigenvalue weighted by Gasteiger charge is 2.18. The molecule has 0 aliphatic heterocycles. The van der Waals surface area contributed by atoms with Gasteiger partial charge in [-0.05, 0) is 27.3 Å². The number of aliphatic hydroxyl groups excluding tert-OH is 1. The van der Waals surface area contributed by atoms with E-state index in [2.05, 4.69) is 37.2 Å². The van der Waals surface area contributed by atoms with Crippen molar-refractivity contribution in [3.63, 3.8) is 0 Å². The normalized spacial score (nSPS) is 10.9. The van der Waals surface area contributed by atoms with E-state index in [0.29, 0.717) is 30.6 Å². The predicted molar refractivity (Wildman–Crippen MR) is 139 cm³/mol. The van der Waals surface area contributed by atoms with E-state index in [4.69, 9.17) is 9.84 Å². The number of nitrogens with zero attached hydrogens (tertiary/aromatic N) is 7. The Hall–Kier alpha value is -3.07. The van der Waals surface area contributed by atoms with E-state index in [1.165, 1.54) is 33.7 Å². The van der Waals surface area contributed by atoms with Gasteiger partial charge in [-0.15, -0.1) is 0 Å². The van der Waals surface area contributed by atoms with Crippen molar-refractivity contribution in [1.82, 2.24) is 38.5 Å². The summed E-state index contributed by atoms with van der Waals surface area (Å²) in [5, 5.41) is 11.2. The lowest BCUT2D eigenvalue weighted by molar-refractivity contribution is 0.216. The first-order valence-electron chi connectivity index (χ1n) is 11.5. The maximum Gasteiger partial charge on any atom is 0.308 e. The van der Waals surface area contributed by atoms with Gasteiger partial charge in [0.1, 0.15) is 6.33 Å². The Bertz CT molecular complexity index is 1080. The van der Waals surface area contributed by atoms with E-state index in [-0.39, 0.29) is 6.10 Å². The summed E-state index contributed by atoms with van der Waals surface area (Å²) >= 11 is 0. The van der Waals surface area contributed by atoms with Gasteiger partial charge in [-0.25, -0.2) is 18.9 Å². The number of aromatic amines is 1. The van der Waals surface area contributed by atoms with E-state index in [9.17, 15) is 8.42 Å². The summed E-state index contributed by atoms with van der Waals surface area (Å²) in [5.74, 6) is 0.964. The van der Waals surface area contributed by atoms with Crippen molar-refractivity contribution in [2.24, 2.45) is 0 Å². The quantitative estimate of drug-likeness (QED) is 0.352.